The molecule has 0 unspecified atom stereocenters. The molecular weight excluding hydrogens is 389 g/mol. The Bertz CT molecular complexity index is 1040. The molecule has 3 rings (SSSR count). The molecule has 0 aliphatic heterocycles. The monoisotopic (exact) mass is 406 g/mol. The van der Waals surface area contributed by atoms with Crippen LogP contribution in [0.15, 0.2) is 48.7 Å². The predicted octanol–water partition coefficient (Wildman–Crippen LogP) is 3.86. The van der Waals surface area contributed by atoms with Crippen LogP contribution in [0.25, 0.3) is 10.8 Å². The van der Waals surface area contributed by atoms with Crippen molar-refractivity contribution in [2.45, 2.75) is 12.8 Å². The summed E-state index contributed by atoms with van der Waals surface area (Å²) in [6.45, 7) is -1.65. The molecule has 0 spiro atoms. The highest BCUT2D eigenvalue weighted by atomic mass is 19.4. The van der Waals surface area contributed by atoms with Gasteiger partial charge >= 0.3 is 6.18 Å². The second kappa shape index (κ2) is 8.26. The smallest absolute Gasteiger partial charge is 0.422 e. The highest BCUT2D eigenvalue weighted by Crippen LogP contribution is 2.34. The van der Waals surface area contributed by atoms with Gasteiger partial charge < -0.3 is 19.9 Å². The molecule has 0 aliphatic rings. The topological polar surface area (TPSA) is 83.7 Å². The lowest BCUT2D eigenvalue weighted by molar-refractivity contribution is -0.153. The van der Waals surface area contributed by atoms with Gasteiger partial charge in [-0.05, 0) is 11.5 Å². The fourth-order valence-electron chi connectivity index (χ4n) is 2.80. The lowest BCUT2D eigenvalue weighted by Crippen LogP contribution is -2.19. The van der Waals surface area contributed by atoms with Gasteiger partial charge in [0, 0.05) is 17.6 Å². The highest BCUT2D eigenvalue weighted by Gasteiger charge is 2.29. The van der Waals surface area contributed by atoms with Crippen LogP contribution in [0.4, 0.5) is 13.2 Å². The highest BCUT2D eigenvalue weighted by molar-refractivity contribution is 6.03. The first-order valence-electron chi connectivity index (χ1n) is 8.46. The van der Waals surface area contributed by atoms with Gasteiger partial charge in [0.05, 0.1) is 12.7 Å². The van der Waals surface area contributed by atoms with Crippen molar-refractivity contribution >= 4 is 16.7 Å². The van der Waals surface area contributed by atoms with Crippen molar-refractivity contribution in [3.8, 4) is 17.2 Å². The summed E-state index contributed by atoms with van der Waals surface area (Å²) in [6.07, 6.45) is -3.21. The number of fused-ring (bicyclic) bond motifs is 1. The maximum absolute atomic E-state index is 12.5. The van der Waals surface area contributed by atoms with Gasteiger partial charge in [-0.15, -0.1) is 0 Å². The molecule has 1 aromatic heterocycles. The van der Waals surface area contributed by atoms with E-state index >= 15 is 0 Å². The van der Waals surface area contributed by atoms with Crippen LogP contribution in [0, 0.1) is 0 Å². The molecular formula is C20H17F3N2O4. The Kier molecular flexibility index (Phi) is 5.76. The number of benzene rings is 2. The van der Waals surface area contributed by atoms with Crippen molar-refractivity contribution < 1.29 is 32.2 Å². The summed E-state index contributed by atoms with van der Waals surface area (Å²) >= 11 is 0. The average molecular weight is 406 g/mol. The fourth-order valence-corrected chi connectivity index (χ4v) is 2.80. The second-order valence-corrected chi connectivity index (χ2v) is 6.01. The van der Waals surface area contributed by atoms with Crippen LogP contribution in [0.1, 0.15) is 16.1 Å². The van der Waals surface area contributed by atoms with E-state index in [0.717, 1.165) is 5.39 Å². The van der Waals surface area contributed by atoms with E-state index in [1.165, 1.54) is 19.4 Å². The average Bonchev–Trinajstić information content (AvgIpc) is 2.69. The Labute approximate surface area is 164 Å². The summed E-state index contributed by atoms with van der Waals surface area (Å²) in [5, 5.41) is 1.49. The molecule has 1 heterocycles. The minimum atomic E-state index is -4.50. The Morgan fingerprint density at radius 2 is 1.83 bits per heavy atom. The van der Waals surface area contributed by atoms with Crippen LogP contribution < -0.4 is 19.9 Å². The van der Waals surface area contributed by atoms with Gasteiger partial charge in [0.25, 0.3) is 5.91 Å². The van der Waals surface area contributed by atoms with E-state index in [-0.39, 0.29) is 35.1 Å². The van der Waals surface area contributed by atoms with E-state index in [1.54, 1.807) is 24.3 Å². The molecule has 0 saturated carbocycles. The number of ether oxygens (including phenoxy) is 3. The molecule has 0 bridgehead atoms. The van der Waals surface area contributed by atoms with Crippen LogP contribution in [-0.2, 0) is 6.61 Å². The van der Waals surface area contributed by atoms with Crippen LogP contribution in [-0.4, -0.2) is 30.8 Å². The molecule has 6 nitrogen and oxygen atoms in total. The molecule has 0 fully saturated rings. The summed E-state index contributed by atoms with van der Waals surface area (Å²) in [5.41, 5.74) is 5.83. The van der Waals surface area contributed by atoms with Gasteiger partial charge in [-0.2, -0.15) is 13.2 Å². The minimum absolute atomic E-state index is 0.0117. The normalized spacial score (nSPS) is 11.3. The molecule has 0 atom stereocenters. The zero-order valence-electron chi connectivity index (χ0n) is 15.3. The van der Waals surface area contributed by atoms with Crippen molar-refractivity contribution in [2.24, 2.45) is 5.73 Å². The first kappa shape index (κ1) is 20.2. The maximum Gasteiger partial charge on any atom is 0.422 e. The second-order valence-electron chi connectivity index (χ2n) is 6.01. The number of nitrogens with two attached hydrogens (primary N) is 1. The van der Waals surface area contributed by atoms with E-state index in [9.17, 15) is 18.0 Å². The Morgan fingerprint density at radius 1 is 1.07 bits per heavy atom. The predicted molar refractivity (Wildman–Crippen MR) is 99.1 cm³/mol. The van der Waals surface area contributed by atoms with E-state index in [0.29, 0.717) is 5.39 Å². The number of methoxy groups -OCH3 is 1. The standard InChI is InChI=1S/C20H17F3N2O4/c1-27-18-15(25-9-8-16(18)29-11-20(21,22)23)10-28-17-13-5-3-2-4-12(13)6-7-14(17)19(24)26/h2-9H,10-11H2,1H3,(H2,24,26). The summed E-state index contributed by atoms with van der Waals surface area (Å²) in [4.78, 5) is 15.9. The molecule has 0 saturated heterocycles. The van der Waals surface area contributed by atoms with Gasteiger partial charge in [0.1, 0.15) is 18.1 Å². The molecule has 1 amide bonds. The van der Waals surface area contributed by atoms with Crippen molar-refractivity contribution in [2.75, 3.05) is 13.7 Å². The zero-order chi connectivity index (χ0) is 21.0. The molecule has 0 aliphatic carbocycles. The van der Waals surface area contributed by atoms with Crippen LogP contribution in [0.3, 0.4) is 0 Å². The molecule has 2 aromatic carbocycles. The van der Waals surface area contributed by atoms with Gasteiger partial charge in [0.15, 0.2) is 18.1 Å². The third-order valence-corrected chi connectivity index (χ3v) is 4.04. The maximum atomic E-state index is 12.5. The molecule has 9 heteroatoms. The first-order valence-corrected chi connectivity index (χ1v) is 8.46. The number of aromatic nitrogens is 1. The largest absolute Gasteiger partial charge is 0.491 e. The number of nitrogens with zero attached hydrogens (tertiary/aromatic N) is 1. The summed E-state index contributed by atoms with van der Waals surface area (Å²) < 4.78 is 53.2. The van der Waals surface area contributed by atoms with Gasteiger partial charge in [-0.1, -0.05) is 30.3 Å². The zero-order valence-corrected chi connectivity index (χ0v) is 15.3. The van der Waals surface area contributed by atoms with E-state index in [1.807, 2.05) is 12.1 Å². The lowest BCUT2D eigenvalue weighted by Gasteiger charge is -2.16. The lowest BCUT2D eigenvalue weighted by atomic mass is 10.0. The molecule has 152 valence electrons. The van der Waals surface area contributed by atoms with Gasteiger partial charge in [0.2, 0.25) is 0 Å². The quantitative estimate of drug-likeness (QED) is 0.644. The third kappa shape index (κ3) is 4.68. The number of hydrogen-bond acceptors (Lipinski definition) is 5. The van der Waals surface area contributed by atoms with Crippen LogP contribution in [0.5, 0.6) is 17.2 Å². The summed E-state index contributed by atoms with van der Waals surface area (Å²) in [5.74, 6) is -0.530. The fraction of sp³-hybridized carbons (Fsp3) is 0.200. The van der Waals surface area contributed by atoms with E-state index in [2.05, 4.69) is 4.98 Å². The summed E-state index contributed by atoms with van der Waals surface area (Å²) in [7, 11) is 1.29. The number of hydrogen-bond donors (Lipinski definition) is 1. The first-order chi connectivity index (χ1) is 13.8. The number of halogens is 3. The molecule has 2 N–H and O–H groups in total. The van der Waals surface area contributed by atoms with Crippen molar-refractivity contribution in [3.05, 3.63) is 59.9 Å². The van der Waals surface area contributed by atoms with Gasteiger partial charge in [-0.3, -0.25) is 9.78 Å². The van der Waals surface area contributed by atoms with E-state index in [4.69, 9.17) is 19.9 Å². The Morgan fingerprint density at radius 3 is 2.52 bits per heavy atom. The number of primary amides is 1. The number of carbonyl (C=O) groups excluding carboxylic acids is 1. The number of alkyl halides is 3. The van der Waals surface area contributed by atoms with Crippen molar-refractivity contribution in [1.82, 2.24) is 4.98 Å². The van der Waals surface area contributed by atoms with Crippen LogP contribution >= 0.6 is 0 Å². The number of amides is 1. The number of pyridine rings is 1. The molecule has 3 aromatic rings. The van der Waals surface area contributed by atoms with Crippen LogP contribution in [0.2, 0.25) is 0 Å². The molecule has 29 heavy (non-hydrogen) atoms. The van der Waals surface area contributed by atoms with Crippen molar-refractivity contribution in [3.63, 3.8) is 0 Å². The molecule has 0 radical (unpaired) electrons. The summed E-state index contributed by atoms with van der Waals surface area (Å²) in [6, 6.07) is 11.8. The minimum Gasteiger partial charge on any atom is -0.491 e. The number of rotatable bonds is 7. The third-order valence-electron chi connectivity index (χ3n) is 4.04. The Hall–Kier alpha value is -3.49. The Balaban J connectivity index is 1.92. The van der Waals surface area contributed by atoms with E-state index < -0.39 is 18.7 Å². The van der Waals surface area contributed by atoms with Gasteiger partial charge in [-0.25, -0.2) is 0 Å². The number of carbonyl (C=O) groups is 1. The van der Waals surface area contributed by atoms with Crippen molar-refractivity contribution in [1.29, 1.82) is 0 Å². The SMILES string of the molecule is COc1c(OCC(F)(F)F)ccnc1COc1c(C(N)=O)ccc2ccccc12.